The molecule has 8 heteroatoms. The van der Waals surface area contributed by atoms with Crippen molar-refractivity contribution in [1.29, 1.82) is 5.26 Å². The number of amides is 2. The lowest BCUT2D eigenvalue weighted by Gasteiger charge is -2.13. The largest absolute Gasteiger partial charge is 0.494 e. The zero-order chi connectivity index (χ0) is 26.8. The molecular weight excluding hydrogens is 470 g/mol. The summed E-state index contributed by atoms with van der Waals surface area (Å²) in [5, 5.41) is 15.1. The Morgan fingerprint density at radius 1 is 0.973 bits per heavy atom. The molecule has 0 aromatic heterocycles. The van der Waals surface area contributed by atoms with Gasteiger partial charge in [0.15, 0.2) is 18.1 Å². The standard InChI is InChI=1S/C29H29N3O5/c1-5-36-24-12-10-23(11-13-24)31-29(34)22(17-30)15-21-9-14-26(27(16-21)35-4)37-18-28(33)32-25-8-6-7-19(2)20(25)3/h6-16H,5,18H2,1-4H3,(H,31,34)(H,32,33)/b22-15+. The van der Waals surface area contributed by atoms with Crippen LogP contribution in [0.4, 0.5) is 11.4 Å². The predicted octanol–water partition coefficient (Wildman–Crippen LogP) is 5.27. The quantitative estimate of drug-likeness (QED) is 0.290. The number of anilines is 2. The summed E-state index contributed by atoms with van der Waals surface area (Å²) in [6, 6.07) is 19.4. The molecule has 8 nitrogen and oxygen atoms in total. The van der Waals surface area contributed by atoms with E-state index in [4.69, 9.17) is 14.2 Å². The number of ether oxygens (including phenoxy) is 3. The first kappa shape index (κ1) is 26.8. The van der Waals surface area contributed by atoms with Crippen molar-refractivity contribution in [2.45, 2.75) is 20.8 Å². The van der Waals surface area contributed by atoms with Crippen LogP contribution in [0.3, 0.4) is 0 Å². The Morgan fingerprint density at radius 3 is 2.41 bits per heavy atom. The van der Waals surface area contributed by atoms with E-state index in [-0.39, 0.29) is 18.1 Å². The number of methoxy groups -OCH3 is 1. The molecule has 0 atom stereocenters. The molecule has 0 fully saturated rings. The first-order valence-electron chi connectivity index (χ1n) is 11.7. The molecule has 3 aromatic rings. The number of aryl methyl sites for hydroxylation is 1. The van der Waals surface area contributed by atoms with Gasteiger partial charge in [-0.3, -0.25) is 9.59 Å². The molecule has 2 amide bonds. The van der Waals surface area contributed by atoms with E-state index in [2.05, 4.69) is 10.6 Å². The molecule has 190 valence electrons. The third kappa shape index (κ3) is 7.36. The second-order valence-electron chi connectivity index (χ2n) is 8.08. The van der Waals surface area contributed by atoms with Gasteiger partial charge in [0, 0.05) is 11.4 Å². The Bertz CT molecular complexity index is 1340. The minimum absolute atomic E-state index is 0.0856. The molecule has 0 aliphatic carbocycles. The third-order valence-electron chi connectivity index (χ3n) is 5.52. The van der Waals surface area contributed by atoms with E-state index in [1.54, 1.807) is 42.5 Å². The summed E-state index contributed by atoms with van der Waals surface area (Å²) in [5.41, 5.74) is 3.81. The minimum atomic E-state index is -0.547. The number of carbonyl (C=O) groups excluding carboxylic acids is 2. The number of hydrogen-bond acceptors (Lipinski definition) is 6. The highest BCUT2D eigenvalue weighted by Gasteiger charge is 2.13. The Morgan fingerprint density at radius 2 is 1.73 bits per heavy atom. The fourth-order valence-corrected chi connectivity index (χ4v) is 3.42. The molecule has 0 bridgehead atoms. The van der Waals surface area contributed by atoms with Gasteiger partial charge < -0.3 is 24.8 Å². The molecule has 0 unspecified atom stereocenters. The van der Waals surface area contributed by atoms with Gasteiger partial charge in [0.1, 0.15) is 17.4 Å². The molecule has 0 aliphatic rings. The van der Waals surface area contributed by atoms with Crippen molar-refractivity contribution < 1.29 is 23.8 Å². The topological polar surface area (TPSA) is 110 Å². The summed E-state index contributed by atoms with van der Waals surface area (Å²) < 4.78 is 16.4. The lowest BCUT2D eigenvalue weighted by molar-refractivity contribution is -0.118. The highest BCUT2D eigenvalue weighted by molar-refractivity contribution is 6.09. The molecule has 37 heavy (non-hydrogen) atoms. The fourth-order valence-electron chi connectivity index (χ4n) is 3.42. The Hall–Kier alpha value is -4.77. The van der Waals surface area contributed by atoms with Gasteiger partial charge in [-0.2, -0.15) is 5.26 Å². The zero-order valence-electron chi connectivity index (χ0n) is 21.3. The molecule has 3 aromatic carbocycles. The Balaban J connectivity index is 1.66. The van der Waals surface area contributed by atoms with E-state index in [1.807, 2.05) is 45.0 Å². The van der Waals surface area contributed by atoms with Gasteiger partial charge in [0.2, 0.25) is 0 Å². The lowest BCUT2D eigenvalue weighted by atomic mass is 10.1. The van der Waals surface area contributed by atoms with Crippen LogP contribution in [0.25, 0.3) is 6.08 Å². The Kier molecular flexibility index (Phi) is 9.28. The van der Waals surface area contributed by atoms with E-state index in [0.29, 0.717) is 35.1 Å². The number of carbonyl (C=O) groups is 2. The highest BCUT2D eigenvalue weighted by atomic mass is 16.5. The molecule has 0 spiro atoms. The van der Waals surface area contributed by atoms with Crippen LogP contribution in [-0.2, 0) is 9.59 Å². The number of nitrogens with one attached hydrogen (secondary N) is 2. The van der Waals surface area contributed by atoms with Crippen LogP contribution in [0.1, 0.15) is 23.6 Å². The van der Waals surface area contributed by atoms with Crippen molar-refractivity contribution in [1.82, 2.24) is 0 Å². The molecule has 2 N–H and O–H groups in total. The van der Waals surface area contributed by atoms with Crippen LogP contribution in [0.15, 0.2) is 66.2 Å². The fraction of sp³-hybridized carbons (Fsp3) is 0.207. The van der Waals surface area contributed by atoms with Crippen molar-refractivity contribution in [3.8, 4) is 23.3 Å². The monoisotopic (exact) mass is 499 g/mol. The van der Waals surface area contributed by atoms with E-state index >= 15 is 0 Å². The van der Waals surface area contributed by atoms with Crippen LogP contribution in [0, 0.1) is 25.2 Å². The zero-order valence-corrected chi connectivity index (χ0v) is 21.3. The molecule has 3 rings (SSSR count). The highest BCUT2D eigenvalue weighted by Crippen LogP contribution is 2.29. The van der Waals surface area contributed by atoms with E-state index < -0.39 is 5.91 Å². The number of rotatable bonds is 10. The molecular formula is C29H29N3O5. The average molecular weight is 500 g/mol. The minimum Gasteiger partial charge on any atom is -0.494 e. The summed E-state index contributed by atoms with van der Waals surface area (Å²) in [6.07, 6.45) is 1.45. The SMILES string of the molecule is CCOc1ccc(NC(=O)/C(C#N)=C/c2ccc(OCC(=O)Nc3cccc(C)c3C)c(OC)c2)cc1. The summed E-state index contributed by atoms with van der Waals surface area (Å²) in [6.45, 7) is 6.13. The van der Waals surface area contributed by atoms with Crippen molar-refractivity contribution in [3.63, 3.8) is 0 Å². The second kappa shape index (κ2) is 12.8. The maximum Gasteiger partial charge on any atom is 0.266 e. The smallest absolute Gasteiger partial charge is 0.266 e. The third-order valence-corrected chi connectivity index (χ3v) is 5.52. The maximum atomic E-state index is 12.6. The van der Waals surface area contributed by atoms with Crippen LogP contribution >= 0.6 is 0 Å². The summed E-state index contributed by atoms with van der Waals surface area (Å²) in [7, 11) is 1.47. The van der Waals surface area contributed by atoms with Gasteiger partial charge in [-0.1, -0.05) is 18.2 Å². The second-order valence-corrected chi connectivity index (χ2v) is 8.08. The summed E-state index contributed by atoms with van der Waals surface area (Å²) in [4.78, 5) is 25.0. The molecule has 0 aliphatic heterocycles. The van der Waals surface area contributed by atoms with E-state index in [1.165, 1.54) is 13.2 Å². The van der Waals surface area contributed by atoms with Crippen molar-refractivity contribution in [3.05, 3.63) is 82.9 Å². The number of hydrogen-bond donors (Lipinski definition) is 2. The van der Waals surface area contributed by atoms with Crippen LogP contribution in [0.2, 0.25) is 0 Å². The van der Waals surface area contributed by atoms with Crippen molar-refractivity contribution >= 4 is 29.3 Å². The maximum absolute atomic E-state index is 12.6. The van der Waals surface area contributed by atoms with Crippen molar-refractivity contribution in [2.75, 3.05) is 31.0 Å². The number of nitrogens with zero attached hydrogens (tertiary/aromatic N) is 1. The normalized spacial score (nSPS) is 10.7. The average Bonchev–Trinajstić information content (AvgIpc) is 2.90. The first-order chi connectivity index (χ1) is 17.8. The first-order valence-corrected chi connectivity index (χ1v) is 11.7. The van der Waals surface area contributed by atoms with E-state index in [9.17, 15) is 14.9 Å². The number of benzene rings is 3. The summed E-state index contributed by atoms with van der Waals surface area (Å²) in [5.74, 6) is 0.547. The van der Waals surface area contributed by atoms with Gasteiger partial charge in [-0.05, 0) is 86.0 Å². The van der Waals surface area contributed by atoms with Gasteiger partial charge in [-0.15, -0.1) is 0 Å². The molecule has 0 saturated carbocycles. The predicted molar refractivity (Wildman–Crippen MR) is 143 cm³/mol. The van der Waals surface area contributed by atoms with Gasteiger partial charge in [0.25, 0.3) is 11.8 Å². The van der Waals surface area contributed by atoms with Crippen molar-refractivity contribution in [2.24, 2.45) is 0 Å². The number of nitriles is 1. The molecule has 0 saturated heterocycles. The molecule has 0 heterocycles. The lowest BCUT2D eigenvalue weighted by Crippen LogP contribution is -2.21. The summed E-state index contributed by atoms with van der Waals surface area (Å²) >= 11 is 0. The van der Waals surface area contributed by atoms with Gasteiger partial charge in [-0.25, -0.2) is 0 Å². The Labute approximate surface area is 216 Å². The molecule has 0 radical (unpaired) electrons. The van der Waals surface area contributed by atoms with Crippen LogP contribution < -0.4 is 24.8 Å². The van der Waals surface area contributed by atoms with E-state index in [0.717, 1.165) is 16.8 Å². The van der Waals surface area contributed by atoms with Gasteiger partial charge >= 0.3 is 0 Å². The van der Waals surface area contributed by atoms with Gasteiger partial charge in [0.05, 0.1) is 13.7 Å². The van der Waals surface area contributed by atoms with Crippen LogP contribution in [0.5, 0.6) is 17.2 Å². The van der Waals surface area contributed by atoms with Crippen LogP contribution in [-0.4, -0.2) is 32.1 Å².